The second-order valence-electron chi connectivity index (χ2n) is 5.94. The van der Waals surface area contributed by atoms with Crippen LogP contribution >= 0.6 is 0 Å². The van der Waals surface area contributed by atoms with Crippen LogP contribution in [0.2, 0.25) is 0 Å². The van der Waals surface area contributed by atoms with Gasteiger partial charge in [-0.3, -0.25) is 4.79 Å². The molecule has 1 fully saturated rings. The van der Waals surface area contributed by atoms with Crippen LogP contribution in [-0.4, -0.2) is 36.2 Å². The Kier molecular flexibility index (Phi) is 4.95. The van der Waals surface area contributed by atoms with E-state index in [9.17, 15) is 4.79 Å². The van der Waals surface area contributed by atoms with E-state index in [4.69, 9.17) is 5.11 Å². The van der Waals surface area contributed by atoms with Crippen LogP contribution in [-0.2, 0) is 4.79 Å². The number of rotatable bonds is 4. The Bertz CT molecular complexity index is 266. The van der Waals surface area contributed by atoms with Crippen LogP contribution < -0.4 is 10.6 Å². The lowest BCUT2D eigenvalue weighted by Crippen LogP contribution is -2.57. The summed E-state index contributed by atoms with van der Waals surface area (Å²) < 4.78 is 0. The molecule has 0 aliphatic carbocycles. The van der Waals surface area contributed by atoms with Gasteiger partial charge < -0.3 is 15.7 Å². The number of amides is 1. The molecule has 3 unspecified atom stereocenters. The van der Waals surface area contributed by atoms with Gasteiger partial charge in [-0.15, -0.1) is 0 Å². The Hall–Kier alpha value is -0.610. The summed E-state index contributed by atoms with van der Waals surface area (Å²) in [5, 5.41) is 15.4. The van der Waals surface area contributed by atoms with Gasteiger partial charge in [0.05, 0.1) is 6.04 Å². The summed E-state index contributed by atoms with van der Waals surface area (Å²) in [7, 11) is 0. The summed E-state index contributed by atoms with van der Waals surface area (Å²) in [6.45, 7) is 9.14. The van der Waals surface area contributed by atoms with E-state index in [0.29, 0.717) is 0 Å². The molecule has 1 heterocycles. The summed E-state index contributed by atoms with van der Waals surface area (Å²) in [5.74, 6) is 0.146. The first-order valence-electron chi connectivity index (χ1n) is 6.53. The highest BCUT2D eigenvalue weighted by Crippen LogP contribution is 2.30. The standard InChI is InChI=1S/C13H26N2O2/c1-9(8-16)10(2)15-12(17)11-13(3,4)6-5-7-14-11/h9-11,14,16H,5-8H2,1-4H3,(H,15,17). The van der Waals surface area contributed by atoms with Crippen molar-refractivity contribution in [2.24, 2.45) is 11.3 Å². The maximum atomic E-state index is 12.2. The number of aliphatic hydroxyl groups is 1. The van der Waals surface area contributed by atoms with E-state index in [0.717, 1.165) is 19.4 Å². The molecule has 0 saturated carbocycles. The first-order valence-corrected chi connectivity index (χ1v) is 6.53. The van der Waals surface area contributed by atoms with E-state index < -0.39 is 0 Å². The Morgan fingerprint density at radius 1 is 1.53 bits per heavy atom. The summed E-state index contributed by atoms with van der Waals surface area (Å²) in [6.07, 6.45) is 2.20. The Balaban J connectivity index is 2.57. The molecule has 0 aromatic rings. The van der Waals surface area contributed by atoms with Gasteiger partial charge in [0.1, 0.15) is 0 Å². The van der Waals surface area contributed by atoms with Gasteiger partial charge in [0.2, 0.25) is 5.91 Å². The summed E-state index contributed by atoms with van der Waals surface area (Å²) in [4.78, 5) is 12.2. The quantitative estimate of drug-likeness (QED) is 0.686. The summed E-state index contributed by atoms with van der Waals surface area (Å²) in [6, 6.07) is -0.114. The van der Waals surface area contributed by atoms with Crippen LogP contribution in [0.4, 0.5) is 0 Å². The number of aliphatic hydroxyl groups excluding tert-OH is 1. The molecular weight excluding hydrogens is 216 g/mol. The topological polar surface area (TPSA) is 61.4 Å². The van der Waals surface area contributed by atoms with Gasteiger partial charge in [0, 0.05) is 12.6 Å². The zero-order valence-corrected chi connectivity index (χ0v) is 11.4. The number of nitrogens with one attached hydrogen (secondary N) is 2. The van der Waals surface area contributed by atoms with Crippen molar-refractivity contribution < 1.29 is 9.90 Å². The van der Waals surface area contributed by atoms with Gasteiger partial charge in [-0.25, -0.2) is 0 Å². The summed E-state index contributed by atoms with van der Waals surface area (Å²) in [5.41, 5.74) is 0.00447. The minimum atomic E-state index is -0.121. The zero-order chi connectivity index (χ0) is 13.1. The second kappa shape index (κ2) is 5.83. The molecule has 4 nitrogen and oxygen atoms in total. The third kappa shape index (κ3) is 3.68. The third-order valence-electron chi connectivity index (χ3n) is 3.90. The van der Waals surface area contributed by atoms with Crippen molar-refractivity contribution in [2.75, 3.05) is 13.2 Å². The van der Waals surface area contributed by atoms with Crippen LogP contribution in [0.1, 0.15) is 40.5 Å². The van der Waals surface area contributed by atoms with Crippen molar-refractivity contribution in [3.05, 3.63) is 0 Å². The first kappa shape index (κ1) is 14.5. The molecule has 1 aliphatic rings. The Labute approximate surface area is 104 Å². The molecule has 1 rings (SSSR count). The lowest BCUT2D eigenvalue weighted by atomic mass is 9.77. The van der Waals surface area contributed by atoms with Crippen molar-refractivity contribution in [3.63, 3.8) is 0 Å². The number of hydrogen-bond acceptors (Lipinski definition) is 3. The van der Waals surface area contributed by atoms with E-state index in [1.54, 1.807) is 0 Å². The minimum absolute atomic E-state index is 0.00447. The van der Waals surface area contributed by atoms with Gasteiger partial charge in [-0.2, -0.15) is 0 Å². The highest BCUT2D eigenvalue weighted by molar-refractivity contribution is 5.83. The SMILES string of the molecule is CC(CO)C(C)NC(=O)C1NCCCC1(C)C. The average Bonchev–Trinajstić information content (AvgIpc) is 2.26. The second-order valence-corrected chi connectivity index (χ2v) is 5.94. The van der Waals surface area contributed by atoms with Crippen LogP contribution in [0.25, 0.3) is 0 Å². The molecule has 0 aromatic carbocycles. The molecule has 4 heteroatoms. The van der Waals surface area contributed by atoms with Gasteiger partial charge in [0.15, 0.2) is 0 Å². The van der Waals surface area contributed by atoms with Gasteiger partial charge in [0.25, 0.3) is 0 Å². The van der Waals surface area contributed by atoms with Crippen LogP contribution in [0.5, 0.6) is 0 Å². The molecule has 0 spiro atoms. The molecule has 0 radical (unpaired) electrons. The smallest absolute Gasteiger partial charge is 0.237 e. The summed E-state index contributed by atoms with van der Waals surface area (Å²) >= 11 is 0. The average molecular weight is 242 g/mol. The predicted molar refractivity (Wildman–Crippen MR) is 68.7 cm³/mol. The highest BCUT2D eigenvalue weighted by atomic mass is 16.3. The molecule has 3 N–H and O–H groups in total. The zero-order valence-electron chi connectivity index (χ0n) is 11.4. The van der Waals surface area contributed by atoms with Gasteiger partial charge in [-0.1, -0.05) is 20.8 Å². The number of carbonyl (C=O) groups excluding carboxylic acids is 1. The van der Waals surface area contributed by atoms with E-state index in [2.05, 4.69) is 24.5 Å². The van der Waals surface area contributed by atoms with Gasteiger partial charge >= 0.3 is 0 Å². The lowest BCUT2D eigenvalue weighted by molar-refractivity contribution is -0.127. The predicted octanol–water partition coefficient (Wildman–Crippen LogP) is 0.898. The van der Waals surface area contributed by atoms with Crippen LogP contribution in [0, 0.1) is 11.3 Å². The largest absolute Gasteiger partial charge is 0.396 e. The van der Waals surface area contributed by atoms with Crippen molar-refractivity contribution in [1.82, 2.24) is 10.6 Å². The number of piperidine rings is 1. The normalized spacial score (nSPS) is 27.2. The molecule has 1 amide bonds. The maximum absolute atomic E-state index is 12.2. The molecule has 1 aliphatic heterocycles. The third-order valence-corrected chi connectivity index (χ3v) is 3.90. The van der Waals surface area contributed by atoms with E-state index in [1.165, 1.54) is 0 Å². The molecule has 17 heavy (non-hydrogen) atoms. The van der Waals surface area contributed by atoms with Gasteiger partial charge in [-0.05, 0) is 37.6 Å². The van der Waals surface area contributed by atoms with Crippen molar-refractivity contribution in [3.8, 4) is 0 Å². The molecule has 3 atom stereocenters. The van der Waals surface area contributed by atoms with E-state index in [-0.39, 0.29) is 35.9 Å². The van der Waals surface area contributed by atoms with Crippen LogP contribution in [0.15, 0.2) is 0 Å². The van der Waals surface area contributed by atoms with E-state index in [1.807, 2.05) is 13.8 Å². The van der Waals surface area contributed by atoms with Crippen molar-refractivity contribution in [1.29, 1.82) is 0 Å². The molecular formula is C13H26N2O2. The monoisotopic (exact) mass is 242 g/mol. The number of carbonyl (C=O) groups is 1. The Morgan fingerprint density at radius 3 is 2.71 bits per heavy atom. The first-order chi connectivity index (χ1) is 7.88. The van der Waals surface area contributed by atoms with E-state index >= 15 is 0 Å². The maximum Gasteiger partial charge on any atom is 0.237 e. The highest BCUT2D eigenvalue weighted by Gasteiger charge is 2.37. The molecule has 1 saturated heterocycles. The fraction of sp³-hybridized carbons (Fsp3) is 0.923. The molecule has 0 bridgehead atoms. The van der Waals surface area contributed by atoms with Crippen molar-refractivity contribution in [2.45, 2.75) is 52.6 Å². The molecule has 0 aromatic heterocycles. The Morgan fingerprint density at radius 2 is 2.18 bits per heavy atom. The fourth-order valence-corrected chi connectivity index (χ4v) is 2.27. The fourth-order valence-electron chi connectivity index (χ4n) is 2.27. The minimum Gasteiger partial charge on any atom is -0.396 e. The van der Waals surface area contributed by atoms with Crippen molar-refractivity contribution >= 4 is 5.91 Å². The molecule has 100 valence electrons. The van der Waals surface area contributed by atoms with Crippen LogP contribution in [0.3, 0.4) is 0 Å². The number of hydrogen-bond donors (Lipinski definition) is 3. The lowest BCUT2D eigenvalue weighted by Gasteiger charge is -2.39.